The molecule has 0 aliphatic rings. The molecule has 100 valence electrons. The Balaban J connectivity index is 2.18. The number of aliphatic hydroxyl groups excluding tert-OH is 1. The van der Waals surface area contributed by atoms with Gasteiger partial charge in [-0.1, -0.05) is 29.8 Å². The summed E-state index contributed by atoms with van der Waals surface area (Å²) in [5.41, 5.74) is 1.63. The first kappa shape index (κ1) is 14.4. The Morgan fingerprint density at radius 1 is 1.26 bits per heavy atom. The van der Waals surface area contributed by atoms with Gasteiger partial charge in [0, 0.05) is 15.7 Å². The summed E-state index contributed by atoms with van der Waals surface area (Å²) in [6, 6.07) is 12.1. The Hall–Kier alpha value is -1.03. The highest BCUT2D eigenvalue weighted by Gasteiger charge is 2.10. The standard InChI is InChI=1S/C15H14ClFOS/c1-10(18)13-8-12(17)6-7-15(13)19-9-11-4-2-3-5-14(11)16/h2-8,10,18H,9H2,1H3/t10-/m1/s1. The molecule has 4 heteroatoms. The number of halogens is 2. The average molecular weight is 297 g/mol. The first-order valence-electron chi connectivity index (χ1n) is 5.91. The van der Waals surface area contributed by atoms with Crippen LogP contribution in [0.4, 0.5) is 4.39 Å². The Bertz CT molecular complexity index is 572. The van der Waals surface area contributed by atoms with Crippen molar-refractivity contribution in [2.75, 3.05) is 0 Å². The van der Waals surface area contributed by atoms with Crippen LogP contribution in [-0.4, -0.2) is 5.11 Å². The number of benzene rings is 2. The van der Waals surface area contributed by atoms with Crippen LogP contribution in [0, 0.1) is 5.82 Å². The first-order valence-corrected chi connectivity index (χ1v) is 7.28. The fourth-order valence-electron chi connectivity index (χ4n) is 1.75. The van der Waals surface area contributed by atoms with Crippen molar-refractivity contribution >= 4 is 23.4 Å². The molecule has 1 nitrogen and oxygen atoms in total. The van der Waals surface area contributed by atoms with Crippen LogP contribution in [0.3, 0.4) is 0 Å². The van der Waals surface area contributed by atoms with Crippen molar-refractivity contribution in [3.63, 3.8) is 0 Å². The lowest BCUT2D eigenvalue weighted by Gasteiger charge is -2.12. The molecule has 0 heterocycles. The third kappa shape index (κ3) is 3.72. The maximum atomic E-state index is 13.2. The van der Waals surface area contributed by atoms with Crippen LogP contribution in [0.5, 0.6) is 0 Å². The molecule has 1 atom stereocenters. The normalized spacial score (nSPS) is 12.4. The molecular formula is C15H14ClFOS. The molecular weight excluding hydrogens is 283 g/mol. The Labute approximate surface area is 121 Å². The highest BCUT2D eigenvalue weighted by molar-refractivity contribution is 7.98. The zero-order valence-electron chi connectivity index (χ0n) is 10.4. The highest BCUT2D eigenvalue weighted by Crippen LogP contribution is 2.32. The van der Waals surface area contributed by atoms with Crippen LogP contribution >= 0.6 is 23.4 Å². The summed E-state index contributed by atoms with van der Waals surface area (Å²) in [4.78, 5) is 0.872. The van der Waals surface area contributed by atoms with E-state index in [0.717, 1.165) is 15.5 Å². The second kappa shape index (κ2) is 6.42. The van der Waals surface area contributed by atoms with Gasteiger partial charge in [-0.05, 0) is 42.3 Å². The van der Waals surface area contributed by atoms with E-state index in [4.69, 9.17) is 11.6 Å². The quantitative estimate of drug-likeness (QED) is 0.816. The lowest BCUT2D eigenvalue weighted by atomic mass is 10.1. The van der Waals surface area contributed by atoms with E-state index in [0.29, 0.717) is 11.3 Å². The summed E-state index contributed by atoms with van der Waals surface area (Å²) in [5.74, 6) is 0.350. The average Bonchev–Trinajstić information content (AvgIpc) is 2.38. The molecule has 0 fully saturated rings. The summed E-state index contributed by atoms with van der Waals surface area (Å²) in [6.07, 6.45) is -0.690. The van der Waals surface area contributed by atoms with Gasteiger partial charge in [-0.2, -0.15) is 0 Å². The smallest absolute Gasteiger partial charge is 0.123 e. The minimum Gasteiger partial charge on any atom is -0.389 e. The molecule has 0 radical (unpaired) electrons. The van der Waals surface area contributed by atoms with Crippen molar-refractivity contribution in [2.45, 2.75) is 23.7 Å². The number of hydrogen-bond acceptors (Lipinski definition) is 2. The van der Waals surface area contributed by atoms with Crippen molar-refractivity contribution in [1.82, 2.24) is 0 Å². The topological polar surface area (TPSA) is 20.2 Å². The lowest BCUT2D eigenvalue weighted by molar-refractivity contribution is 0.196. The lowest BCUT2D eigenvalue weighted by Crippen LogP contribution is -1.95. The van der Waals surface area contributed by atoms with Gasteiger partial charge in [0.15, 0.2) is 0 Å². The molecule has 2 aromatic rings. The Morgan fingerprint density at radius 3 is 2.68 bits per heavy atom. The third-order valence-corrected chi connectivity index (χ3v) is 4.27. The Morgan fingerprint density at radius 2 is 2.00 bits per heavy atom. The summed E-state index contributed by atoms with van der Waals surface area (Å²) in [5, 5.41) is 10.4. The predicted octanol–water partition coefficient (Wildman–Crippen LogP) is 4.82. The van der Waals surface area contributed by atoms with Crippen LogP contribution in [0.25, 0.3) is 0 Å². The highest BCUT2D eigenvalue weighted by atomic mass is 35.5. The summed E-state index contributed by atoms with van der Waals surface area (Å²) in [6.45, 7) is 1.63. The van der Waals surface area contributed by atoms with Crippen molar-refractivity contribution in [3.8, 4) is 0 Å². The van der Waals surface area contributed by atoms with Crippen molar-refractivity contribution in [3.05, 3.63) is 64.4 Å². The summed E-state index contributed by atoms with van der Waals surface area (Å²) >= 11 is 7.64. The molecule has 0 aliphatic heterocycles. The van der Waals surface area contributed by atoms with E-state index < -0.39 is 6.10 Å². The predicted molar refractivity (Wildman–Crippen MR) is 78.0 cm³/mol. The molecule has 0 aliphatic carbocycles. The molecule has 19 heavy (non-hydrogen) atoms. The Kier molecular flexibility index (Phi) is 4.86. The van der Waals surface area contributed by atoms with Crippen LogP contribution < -0.4 is 0 Å². The van der Waals surface area contributed by atoms with Crippen LogP contribution in [0.1, 0.15) is 24.2 Å². The number of hydrogen-bond donors (Lipinski definition) is 1. The van der Waals surface area contributed by atoms with Crippen LogP contribution in [0.15, 0.2) is 47.4 Å². The maximum absolute atomic E-state index is 13.2. The molecule has 0 saturated carbocycles. The molecule has 0 amide bonds. The molecule has 2 aromatic carbocycles. The number of thioether (sulfide) groups is 1. The molecule has 0 aromatic heterocycles. The van der Waals surface area contributed by atoms with E-state index >= 15 is 0 Å². The minimum absolute atomic E-state index is 0.335. The van der Waals surface area contributed by atoms with E-state index in [2.05, 4.69) is 0 Å². The van der Waals surface area contributed by atoms with Gasteiger partial charge in [-0.25, -0.2) is 4.39 Å². The van der Waals surface area contributed by atoms with Crippen molar-refractivity contribution < 1.29 is 9.50 Å². The van der Waals surface area contributed by atoms with Gasteiger partial charge in [0.25, 0.3) is 0 Å². The monoisotopic (exact) mass is 296 g/mol. The number of aliphatic hydroxyl groups is 1. The second-order valence-corrected chi connectivity index (χ2v) is 5.66. The fraction of sp³-hybridized carbons (Fsp3) is 0.200. The van der Waals surface area contributed by atoms with Gasteiger partial charge in [-0.15, -0.1) is 11.8 Å². The minimum atomic E-state index is -0.690. The van der Waals surface area contributed by atoms with Crippen LogP contribution in [-0.2, 0) is 5.75 Å². The van der Waals surface area contributed by atoms with Gasteiger partial charge in [0.1, 0.15) is 5.82 Å². The zero-order chi connectivity index (χ0) is 13.8. The van der Waals surface area contributed by atoms with E-state index in [1.165, 1.54) is 12.1 Å². The van der Waals surface area contributed by atoms with E-state index in [-0.39, 0.29) is 5.82 Å². The largest absolute Gasteiger partial charge is 0.389 e. The third-order valence-electron chi connectivity index (χ3n) is 2.76. The maximum Gasteiger partial charge on any atom is 0.123 e. The van der Waals surface area contributed by atoms with Crippen LogP contribution in [0.2, 0.25) is 5.02 Å². The molecule has 0 bridgehead atoms. The fourth-order valence-corrected chi connectivity index (χ4v) is 3.15. The van der Waals surface area contributed by atoms with Crippen molar-refractivity contribution in [2.24, 2.45) is 0 Å². The van der Waals surface area contributed by atoms with Gasteiger partial charge in [-0.3, -0.25) is 0 Å². The molecule has 0 unspecified atom stereocenters. The number of rotatable bonds is 4. The van der Waals surface area contributed by atoms with Crippen molar-refractivity contribution in [1.29, 1.82) is 0 Å². The SMILES string of the molecule is C[C@@H](O)c1cc(F)ccc1SCc1ccccc1Cl. The van der Waals surface area contributed by atoms with E-state index in [9.17, 15) is 9.50 Å². The van der Waals surface area contributed by atoms with Gasteiger partial charge < -0.3 is 5.11 Å². The van der Waals surface area contributed by atoms with E-state index in [1.807, 2.05) is 24.3 Å². The zero-order valence-corrected chi connectivity index (χ0v) is 12.0. The molecule has 0 saturated heterocycles. The molecule has 2 rings (SSSR count). The van der Waals surface area contributed by atoms with Gasteiger partial charge in [0.05, 0.1) is 6.10 Å². The molecule has 1 N–H and O–H groups in total. The molecule has 0 spiro atoms. The van der Waals surface area contributed by atoms with E-state index in [1.54, 1.807) is 24.8 Å². The van der Waals surface area contributed by atoms with Gasteiger partial charge in [0.2, 0.25) is 0 Å². The summed E-state index contributed by atoms with van der Waals surface area (Å²) in [7, 11) is 0. The second-order valence-electron chi connectivity index (χ2n) is 4.24. The first-order chi connectivity index (χ1) is 9.08. The van der Waals surface area contributed by atoms with Gasteiger partial charge >= 0.3 is 0 Å². The summed E-state index contributed by atoms with van der Waals surface area (Å²) < 4.78 is 13.2.